The third kappa shape index (κ3) is 5.67. The maximum Gasteiger partial charge on any atom is 0.269 e. The van der Waals surface area contributed by atoms with Crippen molar-refractivity contribution >= 4 is 23.4 Å². The first-order valence-electron chi connectivity index (χ1n) is 9.87. The number of nitro benzene ring substituents is 1. The van der Waals surface area contributed by atoms with Crippen molar-refractivity contribution in [1.82, 2.24) is 0 Å². The van der Waals surface area contributed by atoms with Crippen molar-refractivity contribution in [3.05, 3.63) is 87.7 Å². The van der Waals surface area contributed by atoms with Gasteiger partial charge in [0.05, 0.1) is 4.92 Å². The first-order chi connectivity index (χ1) is 15.0. The summed E-state index contributed by atoms with van der Waals surface area (Å²) in [4.78, 5) is 22.8. The lowest BCUT2D eigenvalue weighted by molar-refractivity contribution is -0.384. The van der Waals surface area contributed by atoms with Gasteiger partial charge in [-0.15, -0.1) is 0 Å². The lowest BCUT2D eigenvalue weighted by Crippen LogP contribution is -2.13. The van der Waals surface area contributed by atoms with Crippen LogP contribution < -0.4 is 5.32 Å². The van der Waals surface area contributed by atoms with E-state index in [4.69, 9.17) is 4.42 Å². The van der Waals surface area contributed by atoms with Gasteiger partial charge in [0.2, 0.25) is 0 Å². The van der Waals surface area contributed by atoms with Crippen molar-refractivity contribution in [3.63, 3.8) is 0 Å². The molecule has 7 heteroatoms. The summed E-state index contributed by atoms with van der Waals surface area (Å²) in [5.74, 6) is 0.272. The quantitative estimate of drug-likeness (QED) is 0.218. The number of hydrogen-bond donors (Lipinski definition) is 1. The number of benzene rings is 2. The van der Waals surface area contributed by atoms with Crippen molar-refractivity contribution in [1.29, 1.82) is 5.26 Å². The van der Waals surface area contributed by atoms with Gasteiger partial charge in [-0.25, -0.2) is 0 Å². The number of anilines is 1. The Kier molecular flexibility index (Phi) is 6.97. The van der Waals surface area contributed by atoms with Gasteiger partial charge >= 0.3 is 0 Å². The van der Waals surface area contributed by atoms with E-state index in [9.17, 15) is 20.2 Å². The summed E-state index contributed by atoms with van der Waals surface area (Å²) >= 11 is 0. The van der Waals surface area contributed by atoms with E-state index >= 15 is 0 Å². The Hall–Kier alpha value is -4.18. The minimum atomic E-state index is -0.530. The van der Waals surface area contributed by atoms with E-state index in [0.29, 0.717) is 22.8 Å². The Balaban J connectivity index is 1.70. The van der Waals surface area contributed by atoms with Crippen LogP contribution in [0.5, 0.6) is 0 Å². The first-order valence-corrected chi connectivity index (χ1v) is 9.87. The average Bonchev–Trinajstić information content (AvgIpc) is 3.25. The third-order valence-electron chi connectivity index (χ3n) is 4.67. The fraction of sp³-hybridized carbons (Fsp3) is 0.167. The smallest absolute Gasteiger partial charge is 0.269 e. The van der Waals surface area contributed by atoms with Crippen LogP contribution in [0.4, 0.5) is 11.4 Å². The number of carbonyl (C=O) groups excluding carboxylic acids is 1. The molecule has 2 aromatic carbocycles. The van der Waals surface area contributed by atoms with E-state index in [0.717, 1.165) is 19.3 Å². The summed E-state index contributed by atoms with van der Waals surface area (Å²) in [5.41, 5.74) is 2.34. The van der Waals surface area contributed by atoms with Gasteiger partial charge in [-0.1, -0.05) is 25.5 Å². The minimum Gasteiger partial charge on any atom is -0.457 e. The largest absolute Gasteiger partial charge is 0.457 e. The van der Waals surface area contributed by atoms with Crippen LogP contribution in [-0.2, 0) is 11.2 Å². The number of nitriles is 1. The fourth-order valence-corrected chi connectivity index (χ4v) is 2.96. The zero-order valence-electron chi connectivity index (χ0n) is 17.0. The number of hydrogen-bond acceptors (Lipinski definition) is 5. The van der Waals surface area contributed by atoms with Crippen LogP contribution in [-0.4, -0.2) is 10.8 Å². The van der Waals surface area contributed by atoms with Crippen molar-refractivity contribution in [2.24, 2.45) is 0 Å². The van der Waals surface area contributed by atoms with E-state index in [1.807, 2.05) is 30.3 Å². The number of furan rings is 1. The number of aryl methyl sites for hydroxylation is 1. The number of nitrogens with zero attached hydrogens (tertiary/aromatic N) is 2. The molecule has 0 saturated heterocycles. The molecule has 1 aromatic heterocycles. The lowest BCUT2D eigenvalue weighted by atomic mass is 10.1. The highest BCUT2D eigenvalue weighted by atomic mass is 16.6. The number of unbranched alkanes of at least 4 members (excludes halogenated alkanes) is 1. The van der Waals surface area contributed by atoms with Gasteiger partial charge in [0.1, 0.15) is 23.2 Å². The van der Waals surface area contributed by atoms with E-state index in [2.05, 4.69) is 12.2 Å². The molecule has 3 aromatic rings. The van der Waals surface area contributed by atoms with E-state index in [1.165, 1.54) is 23.8 Å². The summed E-state index contributed by atoms with van der Waals surface area (Å²) in [6, 6.07) is 18.7. The van der Waals surface area contributed by atoms with Crippen LogP contribution in [0.15, 0.2) is 70.7 Å². The minimum absolute atomic E-state index is 0.0164. The molecule has 0 radical (unpaired) electrons. The molecule has 0 aliphatic carbocycles. The lowest BCUT2D eigenvalue weighted by Gasteiger charge is -2.06. The standard InChI is InChI=1S/C24H21N3O4/c1-2-3-4-17-5-9-20(10-6-17)26-24(28)19(16-25)15-22-13-14-23(31-22)18-7-11-21(12-8-18)27(29)30/h5-15H,2-4H2,1H3,(H,26,28)/b19-15+. The van der Waals surface area contributed by atoms with Crippen LogP contribution in [0, 0.1) is 21.4 Å². The predicted molar refractivity (Wildman–Crippen MR) is 118 cm³/mol. The number of carbonyl (C=O) groups is 1. The Bertz CT molecular complexity index is 1140. The Morgan fingerprint density at radius 2 is 1.84 bits per heavy atom. The zero-order chi connectivity index (χ0) is 22.2. The Labute approximate surface area is 179 Å². The molecule has 1 heterocycles. The number of amides is 1. The molecule has 1 N–H and O–H groups in total. The van der Waals surface area contributed by atoms with Crippen LogP contribution in [0.2, 0.25) is 0 Å². The molecular formula is C24H21N3O4. The number of nitro groups is 1. The van der Waals surface area contributed by atoms with Gasteiger partial charge in [-0.2, -0.15) is 5.26 Å². The monoisotopic (exact) mass is 415 g/mol. The summed E-state index contributed by atoms with van der Waals surface area (Å²) in [5, 5.41) is 22.9. The molecule has 0 atom stereocenters. The van der Waals surface area contributed by atoms with Gasteiger partial charge < -0.3 is 9.73 Å². The van der Waals surface area contributed by atoms with E-state index < -0.39 is 10.8 Å². The second-order valence-electron chi connectivity index (χ2n) is 6.93. The maximum absolute atomic E-state index is 12.5. The van der Waals surface area contributed by atoms with Crippen molar-refractivity contribution in [2.45, 2.75) is 26.2 Å². The molecule has 0 unspecified atom stereocenters. The number of nitrogens with one attached hydrogen (secondary N) is 1. The second kappa shape index (κ2) is 10.0. The Morgan fingerprint density at radius 3 is 2.45 bits per heavy atom. The molecular weight excluding hydrogens is 394 g/mol. The summed E-state index contributed by atoms with van der Waals surface area (Å²) in [6.07, 6.45) is 4.58. The molecule has 0 aliphatic heterocycles. The van der Waals surface area contributed by atoms with Crippen molar-refractivity contribution < 1.29 is 14.1 Å². The second-order valence-corrected chi connectivity index (χ2v) is 6.93. The summed E-state index contributed by atoms with van der Waals surface area (Å²) in [6.45, 7) is 2.14. The van der Waals surface area contributed by atoms with Gasteiger partial charge in [-0.3, -0.25) is 14.9 Å². The van der Waals surface area contributed by atoms with Crippen LogP contribution in [0.3, 0.4) is 0 Å². The van der Waals surface area contributed by atoms with Gasteiger partial charge in [0.15, 0.2) is 0 Å². The molecule has 31 heavy (non-hydrogen) atoms. The van der Waals surface area contributed by atoms with Gasteiger partial charge in [0.25, 0.3) is 11.6 Å². The molecule has 7 nitrogen and oxygen atoms in total. The highest BCUT2D eigenvalue weighted by Crippen LogP contribution is 2.25. The van der Waals surface area contributed by atoms with Gasteiger partial charge in [-0.05, 0) is 54.8 Å². The third-order valence-corrected chi connectivity index (χ3v) is 4.67. The highest BCUT2D eigenvalue weighted by molar-refractivity contribution is 6.09. The van der Waals surface area contributed by atoms with Crippen molar-refractivity contribution in [2.75, 3.05) is 5.32 Å². The molecule has 3 rings (SSSR count). The van der Waals surface area contributed by atoms with Gasteiger partial charge in [0, 0.05) is 29.5 Å². The number of rotatable bonds is 8. The van der Waals surface area contributed by atoms with Crippen LogP contribution in [0.25, 0.3) is 17.4 Å². The predicted octanol–water partition coefficient (Wildman–Crippen LogP) is 5.74. The SMILES string of the molecule is CCCCc1ccc(NC(=O)/C(C#N)=C/c2ccc(-c3ccc([N+](=O)[O-])cc3)o2)cc1. The van der Waals surface area contributed by atoms with Crippen molar-refractivity contribution in [3.8, 4) is 17.4 Å². The zero-order valence-corrected chi connectivity index (χ0v) is 17.0. The number of non-ortho nitro benzene ring substituents is 1. The summed E-state index contributed by atoms with van der Waals surface area (Å²) in [7, 11) is 0. The van der Waals surface area contributed by atoms with E-state index in [-0.39, 0.29) is 11.3 Å². The molecule has 0 bridgehead atoms. The molecule has 0 spiro atoms. The van der Waals surface area contributed by atoms with Crippen LogP contribution in [0.1, 0.15) is 31.1 Å². The topological polar surface area (TPSA) is 109 Å². The molecule has 0 aliphatic rings. The fourth-order valence-electron chi connectivity index (χ4n) is 2.96. The first kappa shape index (κ1) is 21.5. The maximum atomic E-state index is 12.5. The average molecular weight is 415 g/mol. The van der Waals surface area contributed by atoms with Crippen LogP contribution >= 0.6 is 0 Å². The molecule has 0 fully saturated rings. The molecule has 156 valence electrons. The molecule has 0 saturated carbocycles. The summed E-state index contributed by atoms with van der Waals surface area (Å²) < 4.78 is 5.68. The molecule has 1 amide bonds. The van der Waals surface area contributed by atoms with E-state index in [1.54, 1.807) is 24.3 Å². The highest BCUT2D eigenvalue weighted by Gasteiger charge is 2.12. The normalized spacial score (nSPS) is 11.0. The Morgan fingerprint density at radius 1 is 1.13 bits per heavy atom.